The van der Waals surface area contributed by atoms with Crippen LogP contribution in [-0.4, -0.2) is 59.2 Å². The number of nitrogens with zero attached hydrogens (tertiary/aromatic N) is 3. The molecule has 20 heavy (non-hydrogen) atoms. The first-order valence-corrected chi connectivity index (χ1v) is 7.24. The molecule has 2 rings (SSSR count). The highest BCUT2D eigenvalue weighted by Gasteiger charge is 2.27. The van der Waals surface area contributed by atoms with Crippen molar-refractivity contribution in [1.29, 1.82) is 0 Å². The van der Waals surface area contributed by atoms with Gasteiger partial charge >= 0.3 is 0 Å². The highest BCUT2D eigenvalue weighted by Crippen LogP contribution is 2.08. The van der Waals surface area contributed by atoms with E-state index < -0.39 is 0 Å². The Morgan fingerprint density at radius 1 is 1.40 bits per heavy atom. The first kappa shape index (κ1) is 15.0. The van der Waals surface area contributed by atoms with Gasteiger partial charge in [0, 0.05) is 38.6 Å². The van der Waals surface area contributed by atoms with Crippen molar-refractivity contribution >= 4 is 5.91 Å². The molecular formula is C14H24N4O2. The molecule has 0 unspecified atom stereocenters. The van der Waals surface area contributed by atoms with E-state index in [9.17, 15) is 4.79 Å². The van der Waals surface area contributed by atoms with E-state index in [2.05, 4.69) is 24.1 Å². The fraction of sp³-hybridized carbons (Fsp3) is 0.714. The molecule has 1 amide bonds. The van der Waals surface area contributed by atoms with E-state index in [0.29, 0.717) is 26.3 Å². The van der Waals surface area contributed by atoms with Crippen molar-refractivity contribution < 1.29 is 9.53 Å². The number of carbonyl (C=O) groups excluding carboxylic acids is 1. The van der Waals surface area contributed by atoms with Gasteiger partial charge in [-0.15, -0.1) is 0 Å². The Balaban J connectivity index is 1.84. The summed E-state index contributed by atoms with van der Waals surface area (Å²) in [6.07, 6.45) is 5.48. The highest BCUT2D eigenvalue weighted by atomic mass is 16.5. The largest absolute Gasteiger partial charge is 0.378 e. The molecule has 0 aromatic carbocycles. The molecule has 112 valence electrons. The summed E-state index contributed by atoms with van der Waals surface area (Å²) in [5, 5.41) is 3.37. The van der Waals surface area contributed by atoms with Crippen molar-refractivity contribution in [2.75, 3.05) is 32.8 Å². The Morgan fingerprint density at radius 2 is 2.15 bits per heavy atom. The van der Waals surface area contributed by atoms with Crippen LogP contribution in [-0.2, 0) is 16.1 Å². The van der Waals surface area contributed by atoms with E-state index in [1.54, 1.807) is 12.5 Å². The number of rotatable bonds is 6. The van der Waals surface area contributed by atoms with Gasteiger partial charge in [0.25, 0.3) is 0 Å². The number of aromatic nitrogens is 2. The van der Waals surface area contributed by atoms with Gasteiger partial charge in [-0.1, -0.05) is 13.8 Å². The number of imidazole rings is 1. The third kappa shape index (κ3) is 4.05. The number of morpholine rings is 1. The summed E-state index contributed by atoms with van der Waals surface area (Å²) in [4.78, 5) is 18.4. The Labute approximate surface area is 120 Å². The van der Waals surface area contributed by atoms with Crippen molar-refractivity contribution in [3.63, 3.8) is 0 Å². The third-order valence-electron chi connectivity index (χ3n) is 3.55. The molecule has 6 nitrogen and oxygen atoms in total. The summed E-state index contributed by atoms with van der Waals surface area (Å²) in [7, 11) is 0. The minimum atomic E-state index is -0.128. The average Bonchev–Trinajstić information content (AvgIpc) is 2.97. The molecule has 1 saturated heterocycles. The van der Waals surface area contributed by atoms with Crippen LogP contribution in [0.2, 0.25) is 0 Å². The topological polar surface area (TPSA) is 59.4 Å². The quantitative estimate of drug-likeness (QED) is 0.817. The molecule has 2 heterocycles. The van der Waals surface area contributed by atoms with E-state index in [1.807, 2.05) is 15.7 Å². The molecule has 1 aromatic rings. The van der Waals surface area contributed by atoms with Crippen molar-refractivity contribution in [3.8, 4) is 0 Å². The first-order chi connectivity index (χ1) is 9.68. The summed E-state index contributed by atoms with van der Waals surface area (Å²) >= 11 is 0. The summed E-state index contributed by atoms with van der Waals surface area (Å²) in [5.41, 5.74) is 0. The molecule has 0 aliphatic carbocycles. The Kier molecular flexibility index (Phi) is 5.55. The number of carbonyl (C=O) groups is 1. The van der Waals surface area contributed by atoms with Gasteiger partial charge in [0.15, 0.2) is 0 Å². The smallest absolute Gasteiger partial charge is 0.240 e. The zero-order chi connectivity index (χ0) is 14.4. The number of ether oxygens (including phenoxy) is 1. The van der Waals surface area contributed by atoms with E-state index in [-0.39, 0.29) is 17.9 Å². The van der Waals surface area contributed by atoms with Gasteiger partial charge in [-0.2, -0.15) is 0 Å². The molecule has 0 spiro atoms. The molecule has 1 aliphatic rings. The monoisotopic (exact) mass is 280 g/mol. The van der Waals surface area contributed by atoms with Crippen LogP contribution in [0.25, 0.3) is 0 Å². The Hall–Kier alpha value is -1.40. The minimum absolute atomic E-state index is 0.128. The zero-order valence-electron chi connectivity index (χ0n) is 12.3. The lowest BCUT2D eigenvalue weighted by molar-refractivity contribution is -0.138. The first-order valence-electron chi connectivity index (χ1n) is 7.24. The van der Waals surface area contributed by atoms with Crippen LogP contribution in [0.3, 0.4) is 0 Å². The average molecular weight is 280 g/mol. The van der Waals surface area contributed by atoms with Crippen molar-refractivity contribution in [3.05, 3.63) is 18.7 Å². The standard InChI is InChI=1S/C14H24N4O2/c1-12(2)13(14(19)18-7-9-20-10-8-18)16-4-6-17-5-3-15-11-17/h3,5,11-13,16H,4,6-10H2,1-2H3/t13-/m1/s1. The van der Waals surface area contributed by atoms with Crippen LogP contribution in [0.5, 0.6) is 0 Å². The van der Waals surface area contributed by atoms with Crippen LogP contribution in [0.1, 0.15) is 13.8 Å². The molecule has 0 saturated carbocycles. The molecular weight excluding hydrogens is 256 g/mol. The molecule has 1 aromatic heterocycles. The Bertz CT molecular complexity index is 399. The summed E-state index contributed by atoms with van der Waals surface area (Å²) in [6, 6.07) is -0.128. The maximum Gasteiger partial charge on any atom is 0.240 e. The fourth-order valence-electron chi connectivity index (χ4n) is 2.36. The van der Waals surface area contributed by atoms with Gasteiger partial charge in [-0.3, -0.25) is 4.79 Å². The number of nitrogens with one attached hydrogen (secondary N) is 1. The van der Waals surface area contributed by atoms with Gasteiger partial charge < -0.3 is 19.5 Å². The van der Waals surface area contributed by atoms with E-state index in [4.69, 9.17) is 4.74 Å². The van der Waals surface area contributed by atoms with Crippen LogP contribution in [0.4, 0.5) is 0 Å². The lowest BCUT2D eigenvalue weighted by atomic mass is 10.0. The second kappa shape index (κ2) is 7.40. The van der Waals surface area contributed by atoms with Gasteiger partial charge in [0.2, 0.25) is 5.91 Å². The molecule has 1 atom stereocenters. The summed E-state index contributed by atoms with van der Waals surface area (Å²) < 4.78 is 7.30. The number of hydrogen-bond acceptors (Lipinski definition) is 4. The predicted molar refractivity (Wildman–Crippen MR) is 76.3 cm³/mol. The predicted octanol–water partition coefficient (Wildman–Crippen LogP) is 0.356. The molecule has 1 aliphatic heterocycles. The molecule has 1 fully saturated rings. The molecule has 1 N–H and O–H groups in total. The van der Waals surface area contributed by atoms with Gasteiger partial charge in [-0.25, -0.2) is 4.98 Å². The van der Waals surface area contributed by atoms with Crippen LogP contribution < -0.4 is 5.32 Å². The van der Waals surface area contributed by atoms with Gasteiger partial charge in [-0.05, 0) is 5.92 Å². The van der Waals surface area contributed by atoms with Gasteiger partial charge in [0.1, 0.15) is 0 Å². The zero-order valence-corrected chi connectivity index (χ0v) is 12.3. The third-order valence-corrected chi connectivity index (χ3v) is 3.55. The van der Waals surface area contributed by atoms with Crippen molar-refractivity contribution in [1.82, 2.24) is 19.8 Å². The van der Waals surface area contributed by atoms with E-state index in [0.717, 1.165) is 13.1 Å². The maximum absolute atomic E-state index is 12.5. The molecule has 0 bridgehead atoms. The van der Waals surface area contributed by atoms with E-state index >= 15 is 0 Å². The normalized spacial score (nSPS) is 17.4. The lowest BCUT2D eigenvalue weighted by Gasteiger charge is -2.32. The number of hydrogen-bond donors (Lipinski definition) is 1. The highest BCUT2D eigenvalue weighted by molar-refractivity contribution is 5.82. The molecule has 6 heteroatoms. The SMILES string of the molecule is CC(C)[C@@H](NCCn1ccnc1)C(=O)N1CCOCC1. The maximum atomic E-state index is 12.5. The fourth-order valence-corrected chi connectivity index (χ4v) is 2.36. The van der Waals surface area contributed by atoms with Crippen LogP contribution in [0.15, 0.2) is 18.7 Å². The van der Waals surface area contributed by atoms with Crippen LogP contribution in [0, 0.1) is 5.92 Å². The van der Waals surface area contributed by atoms with Crippen molar-refractivity contribution in [2.24, 2.45) is 5.92 Å². The number of amides is 1. The van der Waals surface area contributed by atoms with Crippen LogP contribution >= 0.6 is 0 Å². The second-order valence-corrected chi connectivity index (χ2v) is 5.41. The van der Waals surface area contributed by atoms with Crippen molar-refractivity contribution in [2.45, 2.75) is 26.4 Å². The summed E-state index contributed by atoms with van der Waals surface area (Å²) in [5.74, 6) is 0.460. The summed E-state index contributed by atoms with van der Waals surface area (Å²) in [6.45, 7) is 8.42. The Morgan fingerprint density at radius 3 is 2.75 bits per heavy atom. The second-order valence-electron chi connectivity index (χ2n) is 5.41. The molecule has 0 radical (unpaired) electrons. The minimum Gasteiger partial charge on any atom is -0.378 e. The lowest BCUT2D eigenvalue weighted by Crippen LogP contribution is -2.52. The van der Waals surface area contributed by atoms with E-state index in [1.165, 1.54) is 0 Å². The van der Waals surface area contributed by atoms with Gasteiger partial charge in [0.05, 0.1) is 25.6 Å².